The largest absolute Gasteiger partial charge is 0.468 e. The van der Waals surface area contributed by atoms with Gasteiger partial charge in [-0.3, -0.25) is 4.90 Å². The summed E-state index contributed by atoms with van der Waals surface area (Å²) in [6.07, 6.45) is 1.89. The summed E-state index contributed by atoms with van der Waals surface area (Å²) in [4.78, 5) is 2.50. The molecule has 19 heavy (non-hydrogen) atoms. The van der Waals surface area contributed by atoms with E-state index in [-0.39, 0.29) is 0 Å². The average molecular weight is 264 g/mol. The molecule has 1 saturated heterocycles. The number of nitrogens with one attached hydrogen (secondary N) is 1. The summed E-state index contributed by atoms with van der Waals surface area (Å²) in [5.41, 5.74) is 1.26. The molecule has 0 spiro atoms. The van der Waals surface area contributed by atoms with E-state index >= 15 is 0 Å². The number of hydrogen-bond donors (Lipinski definition) is 1. The summed E-state index contributed by atoms with van der Waals surface area (Å²) in [7, 11) is 0. The molecule has 2 unspecified atom stereocenters. The minimum Gasteiger partial charge on any atom is -0.468 e. The number of furan rings is 1. The highest BCUT2D eigenvalue weighted by molar-refractivity contribution is 5.12. The van der Waals surface area contributed by atoms with Crippen LogP contribution in [0.15, 0.2) is 16.7 Å². The van der Waals surface area contributed by atoms with Crippen LogP contribution in [0.2, 0.25) is 0 Å². The van der Waals surface area contributed by atoms with Crippen molar-refractivity contribution in [2.24, 2.45) is 17.8 Å². The zero-order valence-electron chi connectivity index (χ0n) is 12.8. The molecule has 1 aromatic heterocycles. The van der Waals surface area contributed by atoms with E-state index in [1.165, 1.54) is 18.7 Å². The lowest BCUT2D eigenvalue weighted by molar-refractivity contribution is 0.285. The molecule has 1 aliphatic rings. The highest BCUT2D eigenvalue weighted by Crippen LogP contribution is 2.24. The molecule has 0 aromatic carbocycles. The van der Waals surface area contributed by atoms with Crippen LogP contribution in [0.3, 0.4) is 0 Å². The maximum absolute atomic E-state index is 5.67. The Kier molecular flexibility index (Phi) is 5.06. The molecule has 1 aliphatic heterocycles. The van der Waals surface area contributed by atoms with Crippen LogP contribution in [-0.4, -0.2) is 24.5 Å². The number of nitrogens with zero attached hydrogens (tertiary/aromatic N) is 1. The molecule has 0 saturated carbocycles. The summed E-state index contributed by atoms with van der Waals surface area (Å²) in [6.45, 7) is 14.5. The second-order valence-electron chi connectivity index (χ2n) is 6.59. The van der Waals surface area contributed by atoms with Crippen molar-refractivity contribution >= 4 is 0 Å². The van der Waals surface area contributed by atoms with E-state index in [1.807, 2.05) is 6.26 Å². The standard InChI is InChI=1S/C16H28N2O/c1-12(2)6-17-7-15-5-16(19-11-15)10-18-8-13(3)14(4)9-18/h5,11-14,17H,6-10H2,1-4H3. The third-order valence-electron chi connectivity index (χ3n) is 4.03. The summed E-state index contributed by atoms with van der Waals surface area (Å²) in [5, 5.41) is 3.45. The molecule has 1 fully saturated rings. The second-order valence-corrected chi connectivity index (χ2v) is 6.59. The Balaban J connectivity index is 1.78. The van der Waals surface area contributed by atoms with Crippen molar-refractivity contribution in [3.63, 3.8) is 0 Å². The van der Waals surface area contributed by atoms with E-state index in [0.29, 0.717) is 5.92 Å². The van der Waals surface area contributed by atoms with Crippen molar-refractivity contribution in [2.45, 2.75) is 40.8 Å². The van der Waals surface area contributed by atoms with Gasteiger partial charge in [-0.25, -0.2) is 0 Å². The summed E-state index contributed by atoms with van der Waals surface area (Å²) < 4.78 is 5.67. The SMILES string of the molecule is CC(C)CNCc1coc(CN2CC(C)C(C)C2)c1. The van der Waals surface area contributed by atoms with E-state index in [4.69, 9.17) is 4.42 Å². The van der Waals surface area contributed by atoms with Gasteiger partial charge in [0.1, 0.15) is 5.76 Å². The Bertz CT molecular complexity index is 376. The average Bonchev–Trinajstić information content (AvgIpc) is 2.87. The van der Waals surface area contributed by atoms with E-state index in [2.05, 4.69) is 44.0 Å². The van der Waals surface area contributed by atoms with E-state index in [1.54, 1.807) is 0 Å². The summed E-state index contributed by atoms with van der Waals surface area (Å²) >= 11 is 0. The molecule has 0 aliphatic carbocycles. The molecule has 2 rings (SSSR count). The Morgan fingerprint density at radius 3 is 2.63 bits per heavy atom. The molecule has 0 bridgehead atoms. The van der Waals surface area contributed by atoms with Crippen molar-refractivity contribution in [1.29, 1.82) is 0 Å². The van der Waals surface area contributed by atoms with Gasteiger partial charge in [0.05, 0.1) is 12.8 Å². The topological polar surface area (TPSA) is 28.4 Å². The molecule has 2 atom stereocenters. The molecular formula is C16H28N2O. The minimum absolute atomic E-state index is 0.693. The number of rotatable bonds is 6. The lowest BCUT2D eigenvalue weighted by Gasteiger charge is -2.12. The maximum atomic E-state index is 5.67. The molecule has 0 radical (unpaired) electrons. The fraction of sp³-hybridized carbons (Fsp3) is 0.750. The van der Waals surface area contributed by atoms with Gasteiger partial charge in [-0.2, -0.15) is 0 Å². The molecule has 108 valence electrons. The fourth-order valence-electron chi connectivity index (χ4n) is 2.71. The Hall–Kier alpha value is -0.800. The van der Waals surface area contributed by atoms with Crippen LogP contribution in [0.1, 0.15) is 39.0 Å². The van der Waals surface area contributed by atoms with Crippen LogP contribution >= 0.6 is 0 Å². The lowest BCUT2D eigenvalue weighted by Crippen LogP contribution is -2.20. The van der Waals surface area contributed by atoms with Crippen molar-refractivity contribution < 1.29 is 4.42 Å². The third kappa shape index (κ3) is 4.36. The summed E-state index contributed by atoms with van der Waals surface area (Å²) in [6, 6.07) is 2.20. The normalized spacial score (nSPS) is 24.5. The number of hydrogen-bond acceptors (Lipinski definition) is 3. The Morgan fingerprint density at radius 2 is 2.00 bits per heavy atom. The molecule has 2 heterocycles. The first kappa shape index (κ1) is 14.6. The van der Waals surface area contributed by atoms with Gasteiger partial charge in [0.2, 0.25) is 0 Å². The summed E-state index contributed by atoms with van der Waals surface area (Å²) in [5.74, 6) is 3.41. The molecule has 1 aromatic rings. The van der Waals surface area contributed by atoms with Gasteiger partial charge in [-0.15, -0.1) is 0 Å². The number of likely N-dealkylation sites (tertiary alicyclic amines) is 1. The van der Waals surface area contributed by atoms with E-state index in [9.17, 15) is 0 Å². The first-order chi connectivity index (χ1) is 9.04. The van der Waals surface area contributed by atoms with Crippen molar-refractivity contribution in [3.8, 4) is 0 Å². The van der Waals surface area contributed by atoms with Crippen LogP contribution in [-0.2, 0) is 13.1 Å². The minimum atomic E-state index is 0.693. The van der Waals surface area contributed by atoms with Crippen LogP contribution in [0.25, 0.3) is 0 Å². The zero-order chi connectivity index (χ0) is 13.8. The van der Waals surface area contributed by atoms with E-state index in [0.717, 1.165) is 37.2 Å². The highest BCUT2D eigenvalue weighted by Gasteiger charge is 2.26. The quantitative estimate of drug-likeness (QED) is 0.856. The Labute approximate surface area is 117 Å². The van der Waals surface area contributed by atoms with Gasteiger partial charge < -0.3 is 9.73 Å². The van der Waals surface area contributed by atoms with Crippen molar-refractivity contribution in [1.82, 2.24) is 10.2 Å². The molecular weight excluding hydrogens is 236 g/mol. The second kappa shape index (κ2) is 6.58. The van der Waals surface area contributed by atoms with Crippen molar-refractivity contribution in [2.75, 3.05) is 19.6 Å². The van der Waals surface area contributed by atoms with Gasteiger partial charge in [0, 0.05) is 25.2 Å². The molecule has 3 nitrogen and oxygen atoms in total. The van der Waals surface area contributed by atoms with Gasteiger partial charge in [-0.05, 0) is 30.4 Å². The van der Waals surface area contributed by atoms with Crippen LogP contribution in [0, 0.1) is 17.8 Å². The predicted molar refractivity (Wildman–Crippen MR) is 78.9 cm³/mol. The van der Waals surface area contributed by atoms with Gasteiger partial charge >= 0.3 is 0 Å². The predicted octanol–water partition coefficient (Wildman–Crippen LogP) is 3.11. The van der Waals surface area contributed by atoms with Crippen LogP contribution in [0.5, 0.6) is 0 Å². The van der Waals surface area contributed by atoms with Gasteiger partial charge in [0.25, 0.3) is 0 Å². The fourth-order valence-corrected chi connectivity index (χ4v) is 2.71. The van der Waals surface area contributed by atoms with Crippen LogP contribution < -0.4 is 5.32 Å². The molecule has 0 amide bonds. The van der Waals surface area contributed by atoms with Gasteiger partial charge in [0.15, 0.2) is 0 Å². The van der Waals surface area contributed by atoms with Crippen molar-refractivity contribution in [3.05, 3.63) is 23.7 Å². The maximum Gasteiger partial charge on any atom is 0.118 e. The first-order valence-corrected chi connectivity index (χ1v) is 7.54. The lowest BCUT2D eigenvalue weighted by atomic mass is 10.0. The highest BCUT2D eigenvalue weighted by atomic mass is 16.3. The third-order valence-corrected chi connectivity index (χ3v) is 4.03. The Morgan fingerprint density at radius 1 is 1.32 bits per heavy atom. The van der Waals surface area contributed by atoms with Crippen LogP contribution in [0.4, 0.5) is 0 Å². The molecule has 1 N–H and O–H groups in total. The molecule has 3 heteroatoms. The van der Waals surface area contributed by atoms with Gasteiger partial charge in [-0.1, -0.05) is 27.7 Å². The smallest absolute Gasteiger partial charge is 0.118 e. The zero-order valence-corrected chi connectivity index (χ0v) is 12.8. The van der Waals surface area contributed by atoms with E-state index < -0.39 is 0 Å². The monoisotopic (exact) mass is 264 g/mol. The first-order valence-electron chi connectivity index (χ1n) is 7.54.